The van der Waals surface area contributed by atoms with Gasteiger partial charge in [-0.25, -0.2) is 9.48 Å². The summed E-state index contributed by atoms with van der Waals surface area (Å²) >= 11 is 0. The number of hydrogen-bond donors (Lipinski definition) is 3. The molecule has 0 aromatic carbocycles. The highest BCUT2D eigenvalue weighted by Crippen LogP contribution is 2.26. The standard InChI is InChI=1S/C13H22N4O5Si/c1-23(2,3)5-4-21-8-17-12-9(6-14-17)15-11(18)10(7-22-12)16-13(19)20/h6,10,16H,4-5,7-8H2,1-3H3,(H,15,18)(H,19,20). The molecule has 1 unspecified atom stereocenters. The van der Waals surface area contributed by atoms with Crippen LogP contribution in [0.2, 0.25) is 25.7 Å². The number of hydrogen-bond acceptors (Lipinski definition) is 5. The van der Waals surface area contributed by atoms with Gasteiger partial charge in [0.1, 0.15) is 25.1 Å². The Hall–Kier alpha value is -2.07. The lowest BCUT2D eigenvalue weighted by Crippen LogP contribution is -2.45. The molecule has 0 saturated heterocycles. The first-order valence-electron chi connectivity index (χ1n) is 7.33. The lowest BCUT2D eigenvalue weighted by molar-refractivity contribution is -0.118. The largest absolute Gasteiger partial charge is 0.474 e. The van der Waals surface area contributed by atoms with Crippen molar-refractivity contribution in [2.75, 3.05) is 18.5 Å². The Kier molecular flexibility index (Phi) is 5.26. The van der Waals surface area contributed by atoms with Gasteiger partial charge in [-0.2, -0.15) is 5.10 Å². The maximum absolute atomic E-state index is 11.9. The minimum atomic E-state index is -1.28. The highest BCUT2D eigenvalue weighted by atomic mass is 28.3. The summed E-state index contributed by atoms with van der Waals surface area (Å²) in [4.78, 5) is 22.6. The van der Waals surface area contributed by atoms with Gasteiger partial charge in [-0.3, -0.25) is 4.79 Å². The van der Waals surface area contributed by atoms with Crippen LogP contribution in [0.4, 0.5) is 10.5 Å². The third kappa shape index (κ3) is 4.96. The number of carbonyl (C=O) groups is 2. The van der Waals surface area contributed by atoms with Crippen LogP contribution in [0.25, 0.3) is 0 Å². The van der Waals surface area contributed by atoms with Crippen LogP contribution in [0.3, 0.4) is 0 Å². The zero-order valence-electron chi connectivity index (χ0n) is 13.5. The number of carbonyl (C=O) groups excluding carboxylic acids is 1. The first-order valence-corrected chi connectivity index (χ1v) is 11.0. The Labute approximate surface area is 135 Å². The Morgan fingerprint density at radius 3 is 3.00 bits per heavy atom. The fraction of sp³-hybridized carbons (Fsp3) is 0.615. The van der Waals surface area contributed by atoms with Crippen LogP contribution in [-0.2, 0) is 16.3 Å². The predicted molar refractivity (Wildman–Crippen MR) is 85.4 cm³/mol. The van der Waals surface area contributed by atoms with Crippen molar-refractivity contribution >= 4 is 25.8 Å². The zero-order chi connectivity index (χ0) is 17.0. The van der Waals surface area contributed by atoms with E-state index in [1.165, 1.54) is 10.9 Å². The molecule has 2 amide bonds. The first-order chi connectivity index (χ1) is 10.8. The average Bonchev–Trinajstić information content (AvgIpc) is 2.73. The van der Waals surface area contributed by atoms with Gasteiger partial charge in [0.2, 0.25) is 5.88 Å². The SMILES string of the molecule is C[Si](C)(C)CCOCn1ncc2c1OCC(NC(=O)O)C(=O)N2. The van der Waals surface area contributed by atoms with E-state index in [4.69, 9.17) is 14.6 Å². The molecule has 1 atom stereocenters. The number of rotatable bonds is 6. The summed E-state index contributed by atoms with van der Waals surface area (Å²) in [5.74, 6) is -0.119. The molecular weight excluding hydrogens is 320 g/mol. The lowest BCUT2D eigenvalue weighted by atomic mass is 10.3. The van der Waals surface area contributed by atoms with Crippen LogP contribution in [0.15, 0.2) is 6.20 Å². The van der Waals surface area contributed by atoms with E-state index in [0.717, 1.165) is 6.04 Å². The average molecular weight is 342 g/mol. The number of anilines is 1. The quantitative estimate of drug-likeness (QED) is 0.528. The smallest absolute Gasteiger partial charge is 0.405 e. The second kappa shape index (κ2) is 7.00. The van der Waals surface area contributed by atoms with Crippen molar-refractivity contribution in [3.8, 4) is 5.88 Å². The van der Waals surface area contributed by atoms with Gasteiger partial charge in [0.05, 0.1) is 6.20 Å². The molecule has 1 aliphatic heterocycles. The van der Waals surface area contributed by atoms with Crippen LogP contribution in [0, 0.1) is 0 Å². The van der Waals surface area contributed by atoms with Crippen molar-refractivity contribution in [3.05, 3.63) is 6.20 Å². The molecular formula is C13H22N4O5Si. The van der Waals surface area contributed by atoms with Gasteiger partial charge in [0.25, 0.3) is 5.91 Å². The Morgan fingerprint density at radius 2 is 2.35 bits per heavy atom. The van der Waals surface area contributed by atoms with Crippen molar-refractivity contribution in [1.29, 1.82) is 0 Å². The van der Waals surface area contributed by atoms with Crippen molar-refractivity contribution in [2.24, 2.45) is 0 Å². The fourth-order valence-electron chi connectivity index (χ4n) is 1.95. The highest BCUT2D eigenvalue weighted by molar-refractivity contribution is 6.76. The molecule has 0 spiro atoms. The monoisotopic (exact) mass is 342 g/mol. The van der Waals surface area contributed by atoms with E-state index in [9.17, 15) is 9.59 Å². The van der Waals surface area contributed by atoms with Crippen LogP contribution in [0.5, 0.6) is 5.88 Å². The number of fused-ring (bicyclic) bond motifs is 1. The van der Waals surface area contributed by atoms with Crippen molar-refractivity contribution in [2.45, 2.75) is 38.5 Å². The van der Waals surface area contributed by atoms with Crippen LogP contribution in [0.1, 0.15) is 0 Å². The highest BCUT2D eigenvalue weighted by Gasteiger charge is 2.28. The summed E-state index contributed by atoms with van der Waals surface area (Å²) in [6.45, 7) is 7.55. The van der Waals surface area contributed by atoms with Crippen LogP contribution >= 0.6 is 0 Å². The molecule has 1 aromatic rings. The number of ether oxygens (including phenoxy) is 2. The molecule has 2 heterocycles. The van der Waals surface area contributed by atoms with E-state index in [1.54, 1.807) is 0 Å². The third-order valence-electron chi connectivity index (χ3n) is 3.26. The van der Waals surface area contributed by atoms with Gasteiger partial charge < -0.3 is 25.2 Å². The Balaban J connectivity index is 1.95. The van der Waals surface area contributed by atoms with Crippen molar-refractivity contribution in [3.63, 3.8) is 0 Å². The summed E-state index contributed by atoms with van der Waals surface area (Å²) in [7, 11) is -1.16. The van der Waals surface area contributed by atoms with Gasteiger partial charge in [0.15, 0.2) is 0 Å². The van der Waals surface area contributed by atoms with E-state index < -0.39 is 26.1 Å². The normalized spacial score (nSPS) is 17.7. The fourth-order valence-corrected chi connectivity index (χ4v) is 2.70. The minimum Gasteiger partial charge on any atom is -0.474 e. The van der Waals surface area contributed by atoms with E-state index in [-0.39, 0.29) is 13.3 Å². The molecule has 9 nitrogen and oxygen atoms in total. The van der Waals surface area contributed by atoms with E-state index in [0.29, 0.717) is 18.2 Å². The van der Waals surface area contributed by atoms with Gasteiger partial charge in [0, 0.05) is 14.7 Å². The van der Waals surface area contributed by atoms with Gasteiger partial charge >= 0.3 is 6.09 Å². The summed E-state index contributed by atoms with van der Waals surface area (Å²) in [5.41, 5.74) is 0.401. The topological polar surface area (TPSA) is 115 Å². The number of aromatic nitrogens is 2. The molecule has 2 rings (SSSR count). The number of nitrogens with one attached hydrogen (secondary N) is 2. The van der Waals surface area contributed by atoms with Crippen molar-refractivity contribution in [1.82, 2.24) is 15.1 Å². The number of amides is 2. The van der Waals surface area contributed by atoms with E-state index in [2.05, 4.69) is 35.4 Å². The van der Waals surface area contributed by atoms with Crippen LogP contribution in [-0.4, -0.2) is 54.2 Å². The maximum atomic E-state index is 11.9. The number of carboxylic acid groups (broad SMARTS) is 1. The third-order valence-corrected chi connectivity index (χ3v) is 4.96. The molecule has 0 bridgehead atoms. The second-order valence-corrected chi connectivity index (χ2v) is 12.1. The van der Waals surface area contributed by atoms with Gasteiger partial charge in [-0.05, 0) is 6.04 Å². The summed E-state index contributed by atoms with van der Waals surface area (Å²) < 4.78 is 12.6. The van der Waals surface area contributed by atoms with Crippen molar-refractivity contribution < 1.29 is 24.2 Å². The molecule has 0 fully saturated rings. The molecule has 1 aliphatic rings. The van der Waals surface area contributed by atoms with E-state index in [1.807, 2.05) is 0 Å². The maximum Gasteiger partial charge on any atom is 0.405 e. The van der Waals surface area contributed by atoms with E-state index >= 15 is 0 Å². The second-order valence-electron chi connectivity index (χ2n) is 6.51. The molecule has 1 aromatic heterocycles. The van der Waals surface area contributed by atoms with Gasteiger partial charge in [-0.1, -0.05) is 19.6 Å². The first kappa shape index (κ1) is 17.3. The summed E-state index contributed by atoms with van der Waals surface area (Å²) in [5, 5.41) is 17.5. The molecule has 0 aliphatic carbocycles. The Morgan fingerprint density at radius 1 is 1.61 bits per heavy atom. The van der Waals surface area contributed by atoms with Crippen LogP contribution < -0.4 is 15.4 Å². The Bertz CT molecular complexity index is 583. The summed E-state index contributed by atoms with van der Waals surface area (Å²) in [6, 6.07) is 0.0692. The molecule has 128 valence electrons. The lowest BCUT2D eigenvalue weighted by Gasteiger charge is -2.16. The molecule has 23 heavy (non-hydrogen) atoms. The molecule has 0 saturated carbocycles. The summed E-state index contributed by atoms with van der Waals surface area (Å²) in [6.07, 6.45) is 0.175. The number of nitrogens with zero attached hydrogens (tertiary/aromatic N) is 2. The zero-order valence-corrected chi connectivity index (χ0v) is 14.5. The van der Waals surface area contributed by atoms with Gasteiger partial charge in [-0.15, -0.1) is 0 Å². The molecule has 10 heteroatoms. The molecule has 3 N–H and O–H groups in total. The predicted octanol–water partition coefficient (Wildman–Crippen LogP) is 1.16. The minimum absolute atomic E-state index is 0.105. The molecule has 0 radical (unpaired) electrons.